The highest BCUT2D eigenvalue weighted by Crippen LogP contribution is 2.09. The van der Waals surface area contributed by atoms with Crippen LogP contribution in [0.5, 0.6) is 0 Å². The SMILES string of the molecule is C[N+](C)(CCBr)Cc1ccco1.[Br-]. The molecular weight excluding hydrogens is 298 g/mol. The van der Waals surface area contributed by atoms with Gasteiger partial charge in [0.2, 0.25) is 0 Å². The molecule has 0 N–H and O–H groups in total. The molecule has 1 aromatic heterocycles. The lowest BCUT2D eigenvalue weighted by molar-refractivity contribution is -0.902. The lowest BCUT2D eigenvalue weighted by Gasteiger charge is -2.27. The predicted octanol–water partition coefficient (Wildman–Crippen LogP) is -0.745. The highest BCUT2D eigenvalue weighted by atomic mass is 79.9. The molecule has 0 spiro atoms. The maximum atomic E-state index is 5.28. The van der Waals surface area contributed by atoms with Crippen molar-refractivity contribution in [2.24, 2.45) is 0 Å². The van der Waals surface area contributed by atoms with Gasteiger partial charge >= 0.3 is 0 Å². The first-order valence-corrected chi connectivity index (χ1v) is 5.16. The minimum absolute atomic E-state index is 0. The summed E-state index contributed by atoms with van der Waals surface area (Å²) in [6.07, 6.45) is 1.73. The molecule has 0 bridgehead atoms. The molecule has 1 aromatic rings. The van der Waals surface area contributed by atoms with E-state index in [4.69, 9.17) is 4.42 Å². The lowest BCUT2D eigenvalue weighted by Crippen LogP contribution is -3.00. The molecule has 0 fully saturated rings. The second-order valence-electron chi connectivity index (χ2n) is 3.59. The Morgan fingerprint density at radius 3 is 2.62 bits per heavy atom. The van der Waals surface area contributed by atoms with Crippen molar-refractivity contribution in [2.75, 3.05) is 26.0 Å². The van der Waals surface area contributed by atoms with Gasteiger partial charge < -0.3 is 25.9 Å². The number of rotatable bonds is 4. The zero-order chi connectivity index (χ0) is 9.03. The van der Waals surface area contributed by atoms with Crippen LogP contribution >= 0.6 is 15.9 Å². The first-order chi connectivity index (χ1) is 5.64. The fourth-order valence-corrected chi connectivity index (χ4v) is 2.09. The van der Waals surface area contributed by atoms with Crippen molar-refractivity contribution >= 4 is 15.9 Å². The highest BCUT2D eigenvalue weighted by Gasteiger charge is 2.15. The summed E-state index contributed by atoms with van der Waals surface area (Å²) in [7, 11) is 4.40. The van der Waals surface area contributed by atoms with Crippen molar-refractivity contribution in [1.82, 2.24) is 0 Å². The van der Waals surface area contributed by atoms with Crippen LogP contribution in [0.15, 0.2) is 22.8 Å². The average molecular weight is 313 g/mol. The Labute approximate surface area is 98.4 Å². The number of nitrogens with zero attached hydrogens (tertiary/aromatic N) is 1. The van der Waals surface area contributed by atoms with Crippen LogP contribution in [-0.2, 0) is 6.54 Å². The van der Waals surface area contributed by atoms with Crippen LogP contribution in [0.1, 0.15) is 5.76 Å². The Morgan fingerprint density at radius 2 is 2.15 bits per heavy atom. The minimum Gasteiger partial charge on any atom is -1.00 e. The maximum absolute atomic E-state index is 5.28. The highest BCUT2D eigenvalue weighted by molar-refractivity contribution is 9.09. The van der Waals surface area contributed by atoms with Gasteiger partial charge in [0.05, 0.1) is 32.2 Å². The third-order valence-corrected chi connectivity index (χ3v) is 2.21. The Morgan fingerprint density at radius 1 is 1.46 bits per heavy atom. The van der Waals surface area contributed by atoms with E-state index >= 15 is 0 Å². The molecule has 0 saturated carbocycles. The van der Waals surface area contributed by atoms with Crippen molar-refractivity contribution in [3.05, 3.63) is 24.2 Å². The van der Waals surface area contributed by atoms with E-state index in [1.165, 1.54) is 0 Å². The largest absolute Gasteiger partial charge is 1.00 e. The van der Waals surface area contributed by atoms with Gasteiger partial charge in [-0.25, -0.2) is 0 Å². The molecule has 1 heterocycles. The summed E-state index contributed by atoms with van der Waals surface area (Å²) in [5.74, 6) is 1.06. The van der Waals surface area contributed by atoms with Crippen LogP contribution in [0, 0.1) is 0 Å². The van der Waals surface area contributed by atoms with Gasteiger partial charge in [-0.3, -0.25) is 0 Å². The lowest BCUT2D eigenvalue weighted by atomic mass is 10.3. The van der Waals surface area contributed by atoms with Crippen LogP contribution in [0.2, 0.25) is 0 Å². The van der Waals surface area contributed by atoms with Gasteiger partial charge in [-0.2, -0.15) is 0 Å². The monoisotopic (exact) mass is 311 g/mol. The maximum Gasteiger partial charge on any atom is 0.158 e. The van der Waals surface area contributed by atoms with E-state index in [1.54, 1.807) is 6.26 Å². The van der Waals surface area contributed by atoms with Crippen molar-refractivity contribution in [3.63, 3.8) is 0 Å². The van der Waals surface area contributed by atoms with Gasteiger partial charge in [-0.1, -0.05) is 15.9 Å². The van der Waals surface area contributed by atoms with Gasteiger partial charge in [-0.15, -0.1) is 0 Å². The summed E-state index contributed by atoms with van der Waals surface area (Å²) >= 11 is 3.44. The summed E-state index contributed by atoms with van der Waals surface area (Å²) in [4.78, 5) is 0. The average Bonchev–Trinajstić information content (AvgIpc) is 2.38. The van der Waals surface area contributed by atoms with Gasteiger partial charge in [0.15, 0.2) is 5.76 Å². The quantitative estimate of drug-likeness (QED) is 0.527. The second kappa shape index (κ2) is 5.83. The van der Waals surface area contributed by atoms with E-state index in [0.717, 1.165) is 28.7 Å². The summed E-state index contributed by atoms with van der Waals surface area (Å²) in [5, 5.41) is 1.03. The Bertz CT molecular complexity index is 222. The molecule has 0 saturated heterocycles. The first-order valence-electron chi connectivity index (χ1n) is 4.04. The minimum atomic E-state index is 0. The summed E-state index contributed by atoms with van der Waals surface area (Å²) in [6.45, 7) is 2.07. The van der Waals surface area contributed by atoms with Gasteiger partial charge in [0.25, 0.3) is 0 Å². The molecule has 2 nitrogen and oxygen atoms in total. The van der Waals surface area contributed by atoms with Crippen LogP contribution in [0.4, 0.5) is 0 Å². The molecule has 0 amide bonds. The summed E-state index contributed by atoms with van der Waals surface area (Å²) in [6, 6.07) is 3.96. The molecule has 0 aromatic carbocycles. The Balaban J connectivity index is 0.00000144. The van der Waals surface area contributed by atoms with Crippen LogP contribution in [0.25, 0.3) is 0 Å². The number of hydrogen-bond acceptors (Lipinski definition) is 1. The smallest absolute Gasteiger partial charge is 0.158 e. The molecule has 13 heavy (non-hydrogen) atoms. The molecule has 0 aliphatic rings. The molecule has 76 valence electrons. The number of hydrogen-bond donors (Lipinski definition) is 0. The van der Waals surface area contributed by atoms with E-state index in [0.29, 0.717) is 0 Å². The standard InChI is InChI=1S/C9H15BrNO.BrH/c1-11(2,6-5-10)8-9-4-3-7-12-9;/h3-4,7H,5-6,8H2,1-2H3;1H/q+1;/p-1. The molecular formula is C9H15Br2NO. The Kier molecular flexibility index (Phi) is 5.92. The second-order valence-corrected chi connectivity index (χ2v) is 4.38. The van der Waals surface area contributed by atoms with E-state index in [-0.39, 0.29) is 17.0 Å². The molecule has 0 unspecified atom stereocenters. The van der Waals surface area contributed by atoms with Gasteiger partial charge in [-0.05, 0) is 12.1 Å². The summed E-state index contributed by atoms with van der Waals surface area (Å²) in [5.41, 5.74) is 0. The first kappa shape index (κ1) is 13.2. The van der Waals surface area contributed by atoms with Crippen LogP contribution < -0.4 is 17.0 Å². The number of halogens is 2. The number of quaternary nitrogens is 1. The molecule has 4 heteroatoms. The zero-order valence-electron chi connectivity index (χ0n) is 7.96. The molecule has 0 aliphatic heterocycles. The number of alkyl halides is 1. The van der Waals surface area contributed by atoms with Crippen molar-refractivity contribution in [2.45, 2.75) is 6.54 Å². The van der Waals surface area contributed by atoms with Crippen LogP contribution in [0.3, 0.4) is 0 Å². The van der Waals surface area contributed by atoms with Crippen molar-refractivity contribution in [1.29, 1.82) is 0 Å². The van der Waals surface area contributed by atoms with Crippen LogP contribution in [-0.4, -0.2) is 30.5 Å². The molecule has 1 rings (SSSR count). The molecule has 0 radical (unpaired) electrons. The van der Waals surface area contributed by atoms with Gasteiger partial charge in [0.1, 0.15) is 6.54 Å². The van der Waals surface area contributed by atoms with E-state index in [1.807, 2.05) is 12.1 Å². The van der Waals surface area contributed by atoms with E-state index in [9.17, 15) is 0 Å². The van der Waals surface area contributed by atoms with Crippen molar-refractivity contribution < 1.29 is 25.9 Å². The third-order valence-electron chi connectivity index (χ3n) is 1.85. The normalized spacial score (nSPS) is 11.0. The fourth-order valence-electron chi connectivity index (χ4n) is 1.13. The van der Waals surface area contributed by atoms with Crippen molar-refractivity contribution in [3.8, 4) is 0 Å². The Hall–Kier alpha value is 0.200. The molecule has 0 atom stereocenters. The van der Waals surface area contributed by atoms with E-state index < -0.39 is 0 Å². The number of furan rings is 1. The van der Waals surface area contributed by atoms with Gasteiger partial charge in [0, 0.05) is 0 Å². The topological polar surface area (TPSA) is 13.1 Å². The fraction of sp³-hybridized carbons (Fsp3) is 0.556. The summed E-state index contributed by atoms with van der Waals surface area (Å²) < 4.78 is 6.24. The zero-order valence-corrected chi connectivity index (χ0v) is 11.1. The van der Waals surface area contributed by atoms with E-state index in [2.05, 4.69) is 30.0 Å². The third kappa shape index (κ3) is 4.84. The molecule has 0 aliphatic carbocycles. The predicted molar refractivity (Wildman–Crippen MR) is 53.2 cm³/mol.